The van der Waals surface area contributed by atoms with Gasteiger partial charge in [-0.1, -0.05) is 23.7 Å². The second-order valence-corrected chi connectivity index (χ2v) is 4.58. The van der Waals surface area contributed by atoms with E-state index in [0.29, 0.717) is 5.65 Å². The van der Waals surface area contributed by atoms with Gasteiger partial charge in [-0.05, 0) is 24.6 Å². The highest BCUT2D eigenvalue weighted by molar-refractivity contribution is 6.29. The summed E-state index contributed by atoms with van der Waals surface area (Å²) in [5.41, 5.74) is 2.41. The van der Waals surface area contributed by atoms with Gasteiger partial charge >= 0.3 is 0 Å². The molecule has 0 aliphatic rings. The van der Waals surface area contributed by atoms with Gasteiger partial charge in [-0.15, -0.1) is 0 Å². The quantitative estimate of drug-likeness (QED) is 0.695. The number of benzene rings is 1. The Morgan fingerprint density at radius 2 is 2.00 bits per heavy atom. The predicted octanol–water partition coefficient (Wildman–Crippen LogP) is 2.79. The van der Waals surface area contributed by atoms with E-state index in [2.05, 4.69) is 10.1 Å². The summed E-state index contributed by atoms with van der Waals surface area (Å²) in [6.45, 7) is 1.82. The SMILES string of the molecule is Cc1[nH]n2c(=O)cc(Cl)nc2c1-c1ccc(F)cc1. The zero-order valence-corrected chi connectivity index (χ0v) is 10.7. The molecule has 3 aromatic rings. The van der Waals surface area contributed by atoms with Crippen LogP contribution >= 0.6 is 11.6 Å². The van der Waals surface area contributed by atoms with Crippen LogP contribution in [-0.2, 0) is 0 Å². The third-order valence-electron chi connectivity index (χ3n) is 2.90. The lowest BCUT2D eigenvalue weighted by molar-refractivity contribution is 0.628. The molecule has 0 aliphatic carbocycles. The molecule has 4 nitrogen and oxygen atoms in total. The summed E-state index contributed by atoms with van der Waals surface area (Å²) in [6, 6.07) is 7.23. The molecule has 6 heteroatoms. The van der Waals surface area contributed by atoms with Crippen molar-refractivity contribution in [2.24, 2.45) is 0 Å². The van der Waals surface area contributed by atoms with Crippen LogP contribution < -0.4 is 5.56 Å². The first-order valence-electron chi connectivity index (χ1n) is 5.60. The highest BCUT2D eigenvalue weighted by Crippen LogP contribution is 2.26. The Hall–Kier alpha value is -2.14. The summed E-state index contributed by atoms with van der Waals surface area (Å²) in [4.78, 5) is 16.0. The Morgan fingerprint density at radius 1 is 1.32 bits per heavy atom. The molecule has 0 saturated carbocycles. The summed E-state index contributed by atoms with van der Waals surface area (Å²) in [5, 5.41) is 3.06. The van der Waals surface area contributed by atoms with Gasteiger partial charge in [-0.2, -0.15) is 0 Å². The predicted molar refractivity (Wildman–Crippen MR) is 71.0 cm³/mol. The Balaban J connectivity index is 2.37. The molecule has 0 spiro atoms. The monoisotopic (exact) mass is 277 g/mol. The maximum absolute atomic E-state index is 13.0. The minimum absolute atomic E-state index is 0.132. The van der Waals surface area contributed by atoms with Crippen molar-refractivity contribution in [3.05, 3.63) is 57.3 Å². The Morgan fingerprint density at radius 3 is 2.68 bits per heavy atom. The van der Waals surface area contributed by atoms with E-state index >= 15 is 0 Å². The van der Waals surface area contributed by atoms with Crippen LogP contribution in [0.3, 0.4) is 0 Å². The average molecular weight is 278 g/mol. The molecule has 0 radical (unpaired) electrons. The van der Waals surface area contributed by atoms with Crippen molar-refractivity contribution in [3.8, 4) is 11.1 Å². The lowest BCUT2D eigenvalue weighted by Crippen LogP contribution is -2.13. The number of rotatable bonds is 1. The lowest BCUT2D eigenvalue weighted by atomic mass is 10.1. The van der Waals surface area contributed by atoms with E-state index in [-0.39, 0.29) is 16.5 Å². The van der Waals surface area contributed by atoms with Gasteiger partial charge in [0.25, 0.3) is 5.56 Å². The fourth-order valence-corrected chi connectivity index (χ4v) is 2.26. The van der Waals surface area contributed by atoms with Gasteiger partial charge in [0.15, 0.2) is 5.65 Å². The highest BCUT2D eigenvalue weighted by atomic mass is 35.5. The fourth-order valence-electron chi connectivity index (χ4n) is 2.08. The van der Waals surface area contributed by atoms with E-state index in [1.165, 1.54) is 22.7 Å². The van der Waals surface area contributed by atoms with Crippen molar-refractivity contribution in [2.75, 3.05) is 0 Å². The third-order valence-corrected chi connectivity index (χ3v) is 3.09. The van der Waals surface area contributed by atoms with Crippen LogP contribution in [-0.4, -0.2) is 14.6 Å². The van der Waals surface area contributed by atoms with Gasteiger partial charge in [0.1, 0.15) is 11.0 Å². The average Bonchev–Trinajstić information content (AvgIpc) is 2.67. The molecule has 1 aromatic carbocycles. The van der Waals surface area contributed by atoms with Gasteiger partial charge < -0.3 is 0 Å². The summed E-state index contributed by atoms with van der Waals surface area (Å²) < 4.78 is 14.3. The van der Waals surface area contributed by atoms with Crippen molar-refractivity contribution in [3.63, 3.8) is 0 Å². The van der Waals surface area contributed by atoms with Crippen LogP contribution in [0.4, 0.5) is 4.39 Å². The van der Waals surface area contributed by atoms with Crippen LogP contribution in [0.15, 0.2) is 35.1 Å². The number of nitrogens with one attached hydrogen (secondary N) is 1. The van der Waals surface area contributed by atoms with Crippen LogP contribution in [0.25, 0.3) is 16.8 Å². The molecule has 19 heavy (non-hydrogen) atoms. The smallest absolute Gasteiger partial charge is 0.274 e. The van der Waals surface area contributed by atoms with Gasteiger partial charge in [0.05, 0.1) is 0 Å². The van der Waals surface area contributed by atoms with E-state index < -0.39 is 0 Å². The number of aryl methyl sites for hydroxylation is 1. The molecule has 1 N–H and O–H groups in total. The third kappa shape index (κ3) is 1.92. The number of aromatic amines is 1. The molecule has 0 bridgehead atoms. The fraction of sp³-hybridized carbons (Fsp3) is 0.0769. The molecule has 3 rings (SSSR count). The second-order valence-electron chi connectivity index (χ2n) is 4.19. The van der Waals surface area contributed by atoms with Gasteiger partial charge in [0, 0.05) is 17.3 Å². The largest absolute Gasteiger partial charge is 0.293 e. The maximum atomic E-state index is 13.0. The molecular formula is C13H9ClFN3O. The molecule has 0 aliphatic heterocycles. The van der Waals surface area contributed by atoms with Crippen LogP contribution in [0.2, 0.25) is 5.15 Å². The van der Waals surface area contributed by atoms with Crippen LogP contribution in [0.5, 0.6) is 0 Å². The van der Waals surface area contributed by atoms with Gasteiger partial charge in [0.2, 0.25) is 0 Å². The first kappa shape index (κ1) is 11.9. The van der Waals surface area contributed by atoms with Crippen molar-refractivity contribution < 1.29 is 4.39 Å². The van der Waals surface area contributed by atoms with Crippen LogP contribution in [0.1, 0.15) is 5.69 Å². The van der Waals surface area contributed by atoms with E-state index in [1.807, 2.05) is 6.92 Å². The van der Waals surface area contributed by atoms with Crippen molar-refractivity contribution in [2.45, 2.75) is 6.92 Å². The standard InChI is InChI=1S/C13H9ClFN3O/c1-7-12(8-2-4-9(15)5-3-8)13-16-10(14)6-11(19)18(13)17-7/h2-6,17H,1H3. The molecule has 0 atom stereocenters. The minimum atomic E-state index is -0.315. The Kier molecular flexibility index (Phi) is 2.64. The first-order valence-corrected chi connectivity index (χ1v) is 5.98. The number of fused-ring (bicyclic) bond motifs is 1. The normalized spacial score (nSPS) is 11.1. The van der Waals surface area contributed by atoms with Crippen LogP contribution in [0, 0.1) is 12.7 Å². The zero-order chi connectivity index (χ0) is 13.6. The Bertz CT molecular complexity index is 820. The van der Waals surface area contributed by atoms with Crippen molar-refractivity contribution in [1.82, 2.24) is 14.6 Å². The molecule has 0 unspecified atom stereocenters. The zero-order valence-electron chi connectivity index (χ0n) is 9.95. The summed E-state index contributed by atoms with van der Waals surface area (Å²) in [6.07, 6.45) is 0. The number of nitrogens with zero attached hydrogens (tertiary/aromatic N) is 2. The van der Waals surface area contributed by atoms with Crippen molar-refractivity contribution in [1.29, 1.82) is 0 Å². The number of hydrogen-bond donors (Lipinski definition) is 1. The first-order chi connectivity index (χ1) is 9.06. The van der Waals surface area contributed by atoms with E-state index in [1.54, 1.807) is 12.1 Å². The van der Waals surface area contributed by atoms with E-state index in [0.717, 1.165) is 16.8 Å². The lowest BCUT2D eigenvalue weighted by Gasteiger charge is -2.00. The molecule has 0 saturated heterocycles. The van der Waals surface area contributed by atoms with Gasteiger partial charge in [-0.25, -0.2) is 13.9 Å². The minimum Gasteiger partial charge on any atom is -0.293 e. The number of aromatic nitrogens is 3. The summed E-state index contributed by atoms with van der Waals surface area (Å²) in [7, 11) is 0. The topological polar surface area (TPSA) is 50.2 Å². The maximum Gasteiger partial charge on any atom is 0.274 e. The molecule has 96 valence electrons. The molecular weight excluding hydrogens is 269 g/mol. The molecule has 0 amide bonds. The highest BCUT2D eigenvalue weighted by Gasteiger charge is 2.14. The number of hydrogen-bond acceptors (Lipinski definition) is 2. The second kappa shape index (κ2) is 4.20. The molecule has 2 aromatic heterocycles. The van der Waals surface area contributed by atoms with E-state index in [4.69, 9.17) is 11.6 Å². The number of halogens is 2. The molecule has 0 fully saturated rings. The van der Waals surface area contributed by atoms with Crippen molar-refractivity contribution >= 4 is 17.2 Å². The molecule has 2 heterocycles. The Labute approximate surface area is 112 Å². The van der Waals surface area contributed by atoms with E-state index in [9.17, 15) is 9.18 Å². The summed E-state index contributed by atoms with van der Waals surface area (Å²) >= 11 is 5.82. The number of H-pyrrole nitrogens is 1. The van der Waals surface area contributed by atoms with Gasteiger partial charge in [-0.3, -0.25) is 9.89 Å². The summed E-state index contributed by atoms with van der Waals surface area (Å²) in [5.74, 6) is -0.315.